The summed E-state index contributed by atoms with van der Waals surface area (Å²) in [7, 11) is 1.60. The van der Waals surface area contributed by atoms with Gasteiger partial charge in [0.25, 0.3) is 0 Å². The highest BCUT2D eigenvalue weighted by molar-refractivity contribution is 5.86. The van der Waals surface area contributed by atoms with Gasteiger partial charge in [-0.1, -0.05) is 29.8 Å². The molecule has 118 valence electrons. The standard InChI is InChI=1S/C19H18O4/c1-13-3-5-14(6-4-13)11-23-19(20)9-15-12-22-18-10-16(21-2)7-8-17(15)18/h3-8,10,12H,9,11H2,1-2H3. The van der Waals surface area contributed by atoms with Gasteiger partial charge in [-0.15, -0.1) is 0 Å². The highest BCUT2D eigenvalue weighted by atomic mass is 16.5. The third-order valence-electron chi connectivity index (χ3n) is 3.72. The van der Waals surface area contributed by atoms with E-state index in [0.717, 1.165) is 22.3 Å². The van der Waals surface area contributed by atoms with Gasteiger partial charge in [-0.2, -0.15) is 0 Å². The third-order valence-corrected chi connectivity index (χ3v) is 3.72. The molecule has 0 saturated carbocycles. The molecule has 23 heavy (non-hydrogen) atoms. The average Bonchev–Trinajstić information content (AvgIpc) is 2.96. The number of carbonyl (C=O) groups is 1. The maximum atomic E-state index is 12.0. The van der Waals surface area contributed by atoms with Crippen LogP contribution < -0.4 is 4.74 Å². The fourth-order valence-corrected chi connectivity index (χ4v) is 2.38. The van der Waals surface area contributed by atoms with Crippen molar-refractivity contribution in [3.05, 3.63) is 65.4 Å². The van der Waals surface area contributed by atoms with Crippen molar-refractivity contribution in [1.29, 1.82) is 0 Å². The van der Waals surface area contributed by atoms with Crippen molar-refractivity contribution in [3.8, 4) is 5.75 Å². The molecule has 3 rings (SSSR count). The van der Waals surface area contributed by atoms with Crippen LogP contribution in [-0.4, -0.2) is 13.1 Å². The molecule has 0 atom stereocenters. The molecule has 1 heterocycles. The van der Waals surface area contributed by atoms with Gasteiger partial charge in [0.1, 0.15) is 17.9 Å². The van der Waals surface area contributed by atoms with Gasteiger partial charge in [-0.3, -0.25) is 4.79 Å². The molecule has 1 aromatic heterocycles. The first-order valence-corrected chi connectivity index (χ1v) is 7.41. The van der Waals surface area contributed by atoms with E-state index < -0.39 is 0 Å². The average molecular weight is 310 g/mol. The minimum atomic E-state index is -0.274. The van der Waals surface area contributed by atoms with Gasteiger partial charge in [0.05, 0.1) is 19.8 Å². The fraction of sp³-hybridized carbons (Fsp3) is 0.211. The van der Waals surface area contributed by atoms with E-state index in [1.54, 1.807) is 19.4 Å². The topological polar surface area (TPSA) is 48.7 Å². The van der Waals surface area contributed by atoms with Crippen LogP contribution in [0.15, 0.2) is 53.1 Å². The molecule has 0 amide bonds. The summed E-state index contributed by atoms with van der Waals surface area (Å²) in [4.78, 5) is 12.0. The highest BCUT2D eigenvalue weighted by Crippen LogP contribution is 2.26. The van der Waals surface area contributed by atoms with Gasteiger partial charge in [0.2, 0.25) is 0 Å². The zero-order valence-corrected chi connectivity index (χ0v) is 13.2. The molecule has 0 unspecified atom stereocenters. The van der Waals surface area contributed by atoms with E-state index in [2.05, 4.69) is 0 Å². The maximum Gasteiger partial charge on any atom is 0.310 e. The number of hydrogen-bond donors (Lipinski definition) is 0. The Labute approximate surface area is 134 Å². The molecule has 4 heteroatoms. The third kappa shape index (κ3) is 3.54. The number of fused-ring (bicyclic) bond motifs is 1. The van der Waals surface area contributed by atoms with Gasteiger partial charge in [0.15, 0.2) is 0 Å². The van der Waals surface area contributed by atoms with E-state index in [1.807, 2.05) is 43.3 Å². The molecular weight excluding hydrogens is 292 g/mol. The van der Waals surface area contributed by atoms with Crippen molar-refractivity contribution in [1.82, 2.24) is 0 Å². The van der Waals surface area contributed by atoms with E-state index in [1.165, 1.54) is 5.56 Å². The fourth-order valence-electron chi connectivity index (χ4n) is 2.38. The molecule has 0 aliphatic heterocycles. The number of rotatable bonds is 5. The van der Waals surface area contributed by atoms with E-state index in [9.17, 15) is 4.79 Å². The SMILES string of the molecule is COc1ccc2c(CC(=O)OCc3ccc(C)cc3)coc2c1. The number of benzene rings is 2. The predicted octanol–water partition coefficient (Wildman–Crippen LogP) is 4.04. The highest BCUT2D eigenvalue weighted by Gasteiger charge is 2.12. The maximum absolute atomic E-state index is 12.0. The summed E-state index contributed by atoms with van der Waals surface area (Å²) in [6.45, 7) is 2.30. The molecule has 0 spiro atoms. The van der Waals surface area contributed by atoms with Crippen LogP contribution in [0.4, 0.5) is 0 Å². The lowest BCUT2D eigenvalue weighted by Gasteiger charge is -2.05. The zero-order valence-electron chi connectivity index (χ0n) is 13.2. The van der Waals surface area contributed by atoms with Crippen LogP contribution in [0, 0.1) is 6.92 Å². The van der Waals surface area contributed by atoms with Crippen LogP contribution in [0.3, 0.4) is 0 Å². The quantitative estimate of drug-likeness (QED) is 0.667. The summed E-state index contributed by atoms with van der Waals surface area (Å²) >= 11 is 0. The van der Waals surface area contributed by atoms with Crippen LogP contribution >= 0.6 is 0 Å². The van der Waals surface area contributed by atoms with Gasteiger partial charge < -0.3 is 13.9 Å². The van der Waals surface area contributed by atoms with E-state index in [4.69, 9.17) is 13.9 Å². The Morgan fingerprint density at radius 1 is 1.13 bits per heavy atom. The number of hydrogen-bond acceptors (Lipinski definition) is 4. The minimum absolute atomic E-state index is 0.186. The second-order valence-corrected chi connectivity index (χ2v) is 5.45. The van der Waals surface area contributed by atoms with E-state index >= 15 is 0 Å². The lowest BCUT2D eigenvalue weighted by atomic mass is 10.1. The molecule has 0 N–H and O–H groups in total. The van der Waals surface area contributed by atoms with Crippen LogP contribution in [0.25, 0.3) is 11.0 Å². The van der Waals surface area contributed by atoms with Crippen molar-refractivity contribution >= 4 is 16.9 Å². The van der Waals surface area contributed by atoms with E-state index in [-0.39, 0.29) is 19.0 Å². The van der Waals surface area contributed by atoms with Crippen LogP contribution in [0.2, 0.25) is 0 Å². The summed E-state index contributed by atoms with van der Waals surface area (Å²) < 4.78 is 16.0. The Morgan fingerprint density at radius 2 is 1.91 bits per heavy atom. The molecule has 0 bridgehead atoms. The number of esters is 1. The number of methoxy groups -OCH3 is 1. The van der Waals surface area contributed by atoms with E-state index in [0.29, 0.717) is 5.58 Å². The number of aryl methyl sites for hydroxylation is 1. The summed E-state index contributed by atoms with van der Waals surface area (Å²) in [6.07, 6.45) is 1.78. The second kappa shape index (κ2) is 6.57. The van der Waals surface area contributed by atoms with Gasteiger partial charge in [-0.25, -0.2) is 0 Å². The number of furan rings is 1. The van der Waals surface area contributed by atoms with Crippen molar-refractivity contribution in [2.75, 3.05) is 7.11 Å². The minimum Gasteiger partial charge on any atom is -0.497 e. The molecule has 2 aromatic carbocycles. The second-order valence-electron chi connectivity index (χ2n) is 5.45. The number of carbonyl (C=O) groups excluding carboxylic acids is 1. The molecule has 3 aromatic rings. The van der Waals surface area contributed by atoms with Gasteiger partial charge in [0, 0.05) is 17.0 Å². The summed E-state index contributed by atoms with van der Waals surface area (Å²) in [5, 5.41) is 0.901. The Morgan fingerprint density at radius 3 is 2.65 bits per heavy atom. The van der Waals surface area contributed by atoms with Crippen LogP contribution in [-0.2, 0) is 22.6 Å². The smallest absolute Gasteiger partial charge is 0.310 e. The van der Waals surface area contributed by atoms with Gasteiger partial charge in [-0.05, 0) is 24.6 Å². The molecule has 0 radical (unpaired) electrons. The summed E-state index contributed by atoms with van der Waals surface area (Å²) in [6, 6.07) is 13.5. The largest absolute Gasteiger partial charge is 0.497 e. The first kappa shape index (κ1) is 15.2. The van der Waals surface area contributed by atoms with Crippen LogP contribution in [0.5, 0.6) is 5.75 Å². The predicted molar refractivity (Wildman–Crippen MR) is 87.4 cm³/mol. The molecule has 0 aliphatic rings. The van der Waals surface area contributed by atoms with Gasteiger partial charge >= 0.3 is 5.97 Å². The normalized spacial score (nSPS) is 10.7. The monoisotopic (exact) mass is 310 g/mol. The van der Waals surface area contributed by atoms with Crippen molar-refractivity contribution in [2.45, 2.75) is 20.0 Å². The molecular formula is C19H18O4. The molecule has 0 fully saturated rings. The summed E-state index contributed by atoms with van der Waals surface area (Å²) in [5.41, 5.74) is 3.67. The molecule has 0 aliphatic carbocycles. The summed E-state index contributed by atoms with van der Waals surface area (Å²) in [5.74, 6) is 0.449. The lowest BCUT2D eigenvalue weighted by Crippen LogP contribution is -2.07. The Hall–Kier alpha value is -2.75. The Bertz CT molecular complexity index is 815. The first-order valence-electron chi connectivity index (χ1n) is 7.41. The zero-order chi connectivity index (χ0) is 16.2. The Kier molecular flexibility index (Phi) is 4.33. The van der Waals surface area contributed by atoms with Crippen molar-refractivity contribution in [2.24, 2.45) is 0 Å². The lowest BCUT2D eigenvalue weighted by molar-refractivity contribution is -0.144. The molecule has 4 nitrogen and oxygen atoms in total. The molecule has 0 saturated heterocycles. The van der Waals surface area contributed by atoms with Crippen molar-refractivity contribution in [3.63, 3.8) is 0 Å². The first-order chi connectivity index (χ1) is 11.2. The number of ether oxygens (including phenoxy) is 2. The van der Waals surface area contributed by atoms with Crippen molar-refractivity contribution < 1.29 is 18.7 Å². The Balaban J connectivity index is 1.64. The van der Waals surface area contributed by atoms with Crippen LogP contribution in [0.1, 0.15) is 16.7 Å².